The summed E-state index contributed by atoms with van der Waals surface area (Å²) in [6, 6.07) is 5.28. The molecule has 1 saturated heterocycles. The van der Waals surface area contributed by atoms with Crippen LogP contribution in [0.25, 0.3) is 0 Å². The lowest BCUT2D eigenvalue weighted by Gasteiger charge is -2.36. The second-order valence-corrected chi connectivity index (χ2v) is 7.37. The number of amides is 1. The lowest BCUT2D eigenvalue weighted by molar-refractivity contribution is -0.134. The van der Waals surface area contributed by atoms with Gasteiger partial charge in [-0.1, -0.05) is 11.6 Å². The Morgan fingerprint density at radius 3 is 2.71 bits per heavy atom. The molecule has 1 fully saturated rings. The van der Waals surface area contributed by atoms with Crippen molar-refractivity contribution in [2.24, 2.45) is 5.73 Å². The predicted octanol–water partition coefficient (Wildman–Crippen LogP) is 2.07. The number of benzene rings is 1. The quantitative estimate of drug-likeness (QED) is 0.795. The molecule has 1 aliphatic rings. The average molecular weight is 372 g/mol. The molecule has 1 amide bonds. The Hall–Kier alpha value is -0.950. The Kier molecular flexibility index (Phi) is 7.68. The minimum Gasteiger partial charge on any atom is -0.496 e. The van der Waals surface area contributed by atoms with Crippen LogP contribution in [0, 0.1) is 0 Å². The number of nitrogens with zero attached hydrogens (tertiary/aromatic N) is 2. The highest BCUT2D eigenvalue weighted by Gasteiger charge is 2.25. The minimum atomic E-state index is -0.378. The third-order valence-corrected chi connectivity index (χ3v) is 5.15. The first-order valence-corrected chi connectivity index (χ1v) is 9.90. The maximum atomic E-state index is 12.3. The lowest BCUT2D eigenvalue weighted by Crippen LogP contribution is -2.53. The third-order valence-electron chi connectivity index (χ3n) is 4.27. The molecule has 24 heavy (non-hydrogen) atoms. The Balaban J connectivity index is 1.87. The van der Waals surface area contributed by atoms with E-state index in [2.05, 4.69) is 4.90 Å². The van der Waals surface area contributed by atoms with Gasteiger partial charge in [0.2, 0.25) is 5.91 Å². The molecule has 0 bridgehead atoms. The van der Waals surface area contributed by atoms with Gasteiger partial charge in [0.25, 0.3) is 0 Å². The highest BCUT2D eigenvalue weighted by atomic mass is 35.5. The smallest absolute Gasteiger partial charge is 0.239 e. The number of carbonyl (C=O) groups is 1. The molecular formula is C17H26ClN3O2S. The number of piperazine rings is 1. The van der Waals surface area contributed by atoms with Gasteiger partial charge in [0, 0.05) is 43.3 Å². The first-order chi connectivity index (χ1) is 11.5. The highest BCUT2D eigenvalue weighted by Crippen LogP contribution is 2.24. The molecule has 1 aromatic rings. The molecule has 0 aliphatic carbocycles. The van der Waals surface area contributed by atoms with Crippen molar-refractivity contribution in [1.82, 2.24) is 9.80 Å². The van der Waals surface area contributed by atoms with Crippen LogP contribution in [0.2, 0.25) is 5.02 Å². The van der Waals surface area contributed by atoms with Crippen molar-refractivity contribution in [2.75, 3.05) is 45.3 Å². The van der Waals surface area contributed by atoms with Gasteiger partial charge in [0.15, 0.2) is 0 Å². The number of nitrogens with two attached hydrogens (primary N) is 1. The van der Waals surface area contributed by atoms with Crippen molar-refractivity contribution >= 4 is 29.3 Å². The van der Waals surface area contributed by atoms with Crippen LogP contribution in [0.15, 0.2) is 18.2 Å². The van der Waals surface area contributed by atoms with Crippen LogP contribution >= 0.6 is 23.4 Å². The minimum absolute atomic E-state index is 0.0732. The first kappa shape index (κ1) is 19.4. The van der Waals surface area contributed by atoms with Crippen LogP contribution < -0.4 is 10.5 Å². The maximum absolute atomic E-state index is 12.3. The maximum Gasteiger partial charge on any atom is 0.239 e. The van der Waals surface area contributed by atoms with E-state index in [9.17, 15) is 4.79 Å². The normalized spacial score (nSPS) is 16.9. The largest absolute Gasteiger partial charge is 0.496 e. The fourth-order valence-corrected chi connectivity index (χ4v) is 3.53. The molecule has 0 spiro atoms. The Bertz CT molecular complexity index is 551. The summed E-state index contributed by atoms with van der Waals surface area (Å²) < 4.78 is 5.40. The SMILES string of the molecule is COc1ccc(Cl)cc1CN1CCN(C(=O)[C@@H](N)CCSC)CC1. The number of rotatable bonds is 7. The zero-order chi connectivity index (χ0) is 17.5. The Labute approximate surface area is 153 Å². The van der Waals surface area contributed by atoms with Gasteiger partial charge in [-0.05, 0) is 36.6 Å². The van der Waals surface area contributed by atoms with Crippen LogP contribution in [-0.4, -0.2) is 67.0 Å². The summed E-state index contributed by atoms with van der Waals surface area (Å²) in [7, 11) is 1.67. The number of carbonyl (C=O) groups excluding carboxylic acids is 1. The summed E-state index contributed by atoms with van der Waals surface area (Å²) in [5.41, 5.74) is 7.07. The van der Waals surface area contributed by atoms with Gasteiger partial charge in [0.1, 0.15) is 5.75 Å². The molecule has 2 N–H and O–H groups in total. The van der Waals surface area contributed by atoms with Crippen molar-refractivity contribution in [3.63, 3.8) is 0 Å². The number of hydrogen-bond acceptors (Lipinski definition) is 5. The third kappa shape index (κ3) is 5.28. The van der Waals surface area contributed by atoms with E-state index < -0.39 is 0 Å². The van der Waals surface area contributed by atoms with Gasteiger partial charge in [0.05, 0.1) is 13.2 Å². The summed E-state index contributed by atoms with van der Waals surface area (Å²) in [4.78, 5) is 16.5. The zero-order valence-corrected chi connectivity index (χ0v) is 15.9. The van der Waals surface area contributed by atoms with E-state index >= 15 is 0 Å². The monoisotopic (exact) mass is 371 g/mol. The molecule has 134 valence electrons. The summed E-state index contributed by atoms with van der Waals surface area (Å²) >= 11 is 7.81. The van der Waals surface area contributed by atoms with E-state index in [1.54, 1.807) is 18.9 Å². The standard InChI is InChI=1S/C17H26ClN3O2S/c1-23-16-4-3-14(18)11-13(16)12-20-6-8-21(9-7-20)17(22)15(19)5-10-24-2/h3-4,11,15H,5-10,12,19H2,1-2H3/t15-/m0/s1. The molecule has 2 rings (SSSR count). The molecule has 0 radical (unpaired) electrons. The molecule has 7 heteroatoms. The van der Waals surface area contributed by atoms with Crippen molar-refractivity contribution in [3.05, 3.63) is 28.8 Å². The fraction of sp³-hybridized carbons (Fsp3) is 0.588. The Morgan fingerprint density at radius 2 is 2.08 bits per heavy atom. The summed E-state index contributed by atoms with van der Waals surface area (Å²) in [5.74, 6) is 1.84. The van der Waals surface area contributed by atoms with Gasteiger partial charge in [-0.3, -0.25) is 9.69 Å². The van der Waals surface area contributed by atoms with E-state index in [4.69, 9.17) is 22.1 Å². The second-order valence-electron chi connectivity index (χ2n) is 5.95. The molecule has 5 nitrogen and oxygen atoms in total. The molecule has 0 saturated carbocycles. The molecule has 0 aromatic heterocycles. The lowest BCUT2D eigenvalue weighted by atomic mass is 10.1. The molecule has 1 heterocycles. The van der Waals surface area contributed by atoms with Crippen molar-refractivity contribution < 1.29 is 9.53 Å². The molecule has 1 atom stereocenters. The summed E-state index contributed by atoms with van der Waals surface area (Å²) in [6.07, 6.45) is 2.76. The topological polar surface area (TPSA) is 58.8 Å². The van der Waals surface area contributed by atoms with Crippen LogP contribution in [0.5, 0.6) is 5.75 Å². The number of halogens is 1. The van der Waals surface area contributed by atoms with Crippen LogP contribution in [0.1, 0.15) is 12.0 Å². The van der Waals surface area contributed by atoms with Crippen molar-refractivity contribution in [3.8, 4) is 5.75 Å². The second kappa shape index (κ2) is 9.51. The molecule has 0 unspecified atom stereocenters. The zero-order valence-electron chi connectivity index (χ0n) is 14.3. The molecule has 1 aromatic carbocycles. The van der Waals surface area contributed by atoms with Crippen LogP contribution in [0.4, 0.5) is 0 Å². The van der Waals surface area contributed by atoms with Crippen molar-refractivity contribution in [1.29, 1.82) is 0 Å². The van der Waals surface area contributed by atoms with E-state index in [0.29, 0.717) is 18.1 Å². The first-order valence-electron chi connectivity index (χ1n) is 8.13. The number of methoxy groups -OCH3 is 1. The van der Waals surface area contributed by atoms with Crippen LogP contribution in [0.3, 0.4) is 0 Å². The van der Waals surface area contributed by atoms with E-state index in [0.717, 1.165) is 43.1 Å². The number of hydrogen-bond donors (Lipinski definition) is 1. The van der Waals surface area contributed by atoms with Gasteiger partial charge >= 0.3 is 0 Å². The molecule has 1 aliphatic heterocycles. The summed E-state index contributed by atoms with van der Waals surface area (Å²) in [6.45, 7) is 3.86. The van der Waals surface area contributed by atoms with E-state index in [1.807, 2.05) is 29.4 Å². The van der Waals surface area contributed by atoms with Crippen LogP contribution in [-0.2, 0) is 11.3 Å². The van der Waals surface area contributed by atoms with Crippen molar-refractivity contribution in [2.45, 2.75) is 19.0 Å². The fourth-order valence-electron chi connectivity index (χ4n) is 2.84. The highest BCUT2D eigenvalue weighted by molar-refractivity contribution is 7.98. The van der Waals surface area contributed by atoms with Gasteiger partial charge in [-0.2, -0.15) is 11.8 Å². The average Bonchev–Trinajstić information content (AvgIpc) is 2.60. The number of thioether (sulfide) groups is 1. The molecular weight excluding hydrogens is 346 g/mol. The summed E-state index contributed by atoms with van der Waals surface area (Å²) in [5, 5.41) is 0.708. The number of ether oxygens (including phenoxy) is 1. The van der Waals surface area contributed by atoms with Gasteiger partial charge in [-0.25, -0.2) is 0 Å². The Morgan fingerprint density at radius 1 is 1.38 bits per heavy atom. The van der Waals surface area contributed by atoms with Gasteiger partial charge < -0.3 is 15.4 Å². The van der Waals surface area contributed by atoms with E-state index in [1.165, 1.54) is 0 Å². The van der Waals surface area contributed by atoms with Gasteiger partial charge in [-0.15, -0.1) is 0 Å². The van der Waals surface area contributed by atoms with E-state index in [-0.39, 0.29) is 11.9 Å². The predicted molar refractivity (Wildman–Crippen MR) is 101 cm³/mol.